The summed E-state index contributed by atoms with van der Waals surface area (Å²) in [4.78, 5) is 5.54. The molecule has 0 radical (unpaired) electrons. The third-order valence-corrected chi connectivity index (χ3v) is 4.56. The van der Waals surface area contributed by atoms with E-state index in [9.17, 15) is 4.21 Å². The van der Waals surface area contributed by atoms with Gasteiger partial charge < -0.3 is 4.84 Å². The molecule has 0 spiro atoms. The van der Waals surface area contributed by atoms with E-state index in [1.54, 1.807) is 36.4 Å². The van der Waals surface area contributed by atoms with Gasteiger partial charge in [-0.2, -0.15) is 0 Å². The highest BCUT2D eigenvalue weighted by Gasteiger charge is 2.12. The second-order valence-corrected chi connectivity index (χ2v) is 6.50. The summed E-state index contributed by atoms with van der Waals surface area (Å²) in [5, 5.41) is 5.21. The highest BCUT2D eigenvalue weighted by atomic mass is 35.5. The Kier molecular flexibility index (Phi) is 5.79. The zero-order chi connectivity index (χ0) is 15.2. The number of hydrogen-bond acceptors (Lipinski definition) is 3. The van der Waals surface area contributed by atoms with Crippen molar-refractivity contribution in [2.24, 2.45) is 5.16 Å². The largest absolute Gasteiger partial charge is 0.399 e. The summed E-state index contributed by atoms with van der Waals surface area (Å²) < 4.78 is 12.4. The molecule has 2 aromatic rings. The molecule has 2 aromatic carbocycles. The number of rotatable bonds is 5. The first-order valence-corrected chi connectivity index (χ1v) is 8.17. The lowest BCUT2D eigenvalue weighted by molar-refractivity contribution is 0.213. The summed E-state index contributed by atoms with van der Waals surface area (Å²) in [5.74, 6) is 0.247. The molecule has 0 saturated carbocycles. The van der Waals surface area contributed by atoms with E-state index < -0.39 is 10.8 Å². The predicted octanol–water partition coefficient (Wildman–Crippen LogP) is 4.15. The standard InChI is InChI=1S/C15H13Cl2NO2S/c1-20-18-15(11-2-4-12(16)5-3-11)10-21(19)14-8-6-13(17)7-9-14/h2-9H,10H2,1H3/b18-15-. The molecule has 0 aromatic heterocycles. The number of nitrogens with zero attached hydrogens (tertiary/aromatic N) is 1. The van der Waals surface area contributed by atoms with Crippen molar-refractivity contribution in [2.75, 3.05) is 12.9 Å². The molecule has 1 unspecified atom stereocenters. The van der Waals surface area contributed by atoms with Gasteiger partial charge in [-0.05, 0) is 36.4 Å². The summed E-state index contributed by atoms with van der Waals surface area (Å²) >= 11 is 11.7. The lowest BCUT2D eigenvalue weighted by Crippen LogP contribution is -2.13. The van der Waals surface area contributed by atoms with Gasteiger partial charge in [0, 0.05) is 20.5 Å². The molecule has 1 atom stereocenters. The van der Waals surface area contributed by atoms with Gasteiger partial charge in [0.05, 0.1) is 22.3 Å². The molecule has 0 aliphatic rings. The van der Waals surface area contributed by atoms with E-state index in [1.807, 2.05) is 12.1 Å². The Morgan fingerprint density at radius 3 is 2.10 bits per heavy atom. The molecule has 0 heterocycles. The normalized spacial score (nSPS) is 13.0. The monoisotopic (exact) mass is 341 g/mol. The Hall–Kier alpha value is -1.36. The molecule has 0 aliphatic carbocycles. The molecule has 0 N–H and O–H groups in total. The van der Waals surface area contributed by atoms with Crippen LogP contribution in [0.4, 0.5) is 0 Å². The van der Waals surface area contributed by atoms with E-state index in [4.69, 9.17) is 28.0 Å². The van der Waals surface area contributed by atoms with Gasteiger partial charge in [0.2, 0.25) is 0 Å². The molecule has 0 aliphatic heterocycles. The van der Waals surface area contributed by atoms with Crippen LogP contribution in [0.2, 0.25) is 10.0 Å². The first kappa shape index (κ1) is 16.0. The van der Waals surface area contributed by atoms with Crippen molar-refractivity contribution in [2.45, 2.75) is 4.90 Å². The summed E-state index contributed by atoms with van der Waals surface area (Å²) in [6, 6.07) is 14.1. The van der Waals surface area contributed by atoms with E-state index in [0.29, 0.717) is 20.7 Å². The van der Waals surface area contributed by atoms with Gasteiger partial charge >= 0.3 is 0 Å². The summed E-state index contributed by atoms with van der Waals surface area (Å²) in [6.07, 6.45) is 0. The fourth-order valence-electron chi connectivity index (χ4n) is 1.71. The van der Waals surface area contributed by atoms with Gasteiger partial charge in [-0.25, -0.2) is 0 Å². The van der Waals surface area contributed by atoms with E-state index in [0.717, 1.165) is 5.56 Å². The Bertz CT molecular complexity index is 654. The second-order valence-electron chi connectivity index (χ2n) is 4.17. The fraction of sp³-hybridized carbons (Fsp3) is 0.133. The molecule has 2 rings (SSSR count). The van der Waals surface area contributed by atoms with E-state index >= 15 is 0 Å². The van der Waals surface area contributed by atoms with Crippen molar-refractivity contribution >= 4 is 39.7 Å². The highest BCUT2D eigenvalue weighted by molar-refractivity contribution is 7.85. The molecular weight excluding hydrogens is 329 g/mol. The zero-order valence-electron chi connectivity index (χ0n) is 11.3. The van der Waals surface area contributed by atoms with Crippen molar-refractivity contribution in [1.29, 1.82) is 0 Å². The van der Waals surface area contributed by atoms with Gasteiger partial charge in [-0.1, -0.05) is 40.5 Å². The Balaban J connectivity index is 2.20. The van der Waals surface area contributed by atoms with Crippen LogP contribution in [0.3, 0.4) is 0 Å². The van der Waals surface area contributed by atoms with Crippen LogP contribution >= 0.6 is 23.2 Å². The van der Waals surface area contributed by atoms with Crippen molar-refractivity contribution in [3.63, 3.8) is 0 Å². The van der Waals surface area contributed by atoms with Crippen LogP contribution in [0.25, 0.3) is 0 Å². The van der Waals surface area contributed by atoms with E-state index in [-0.39, 0.29) is 5.75 Å². The smallest absolute Gasteiger partial charge is 0.106 e. The maximum atomic E-state index is 12.4. The van der Waals surface area contributed by atoms with Crippen LogP contribution in [0.15, 0.2) is 58.6 Å². The van der Waals surface area contributed by atoms with Gasteiger partial charge in [0.15, 0.2) is 0 Å². The molecule has 6 heteroatoms. The van der Waals surface area contributed by atoms with Gasteiger partial charge in [-0.3, -0.25) is 4.21 Å². The van der Waals surface area contributed by atoms with Gasteiger partial charge in [0.1, 0.15) is 7.11 Å². The molecular formula is C15H13Cl2NO2S. The van der Waals surface area contributed by atoms with E-state index in [1.165, 1.54) is 7.11 Å². The van der Waals surface area contributed by atoms with Crippen molar-refractivity contribution in [3.8, 4) is 0 Å². The Morgan fingerprint density at radius 1 is 1.05 bits per heavy atom. The molecule has 3 nitrogen and oxygen atoms in total. The Labute approximate surface area is 136 Å². The van der Waals surface area contributed by atoms with Crippen LogP contribution in [0.5, 0.6) is 0 Å². The van der Waals surface area contributed by atoms with Crippen LogP contribution in [0.1, 0.15) is 5.56 Å². The average Bonchev–Trinajstić information content (AvgIpc) is 2.48. The fourth-order valence-corrected chi connectivity index (χ4v) is 3.03. The van der Waals surface area contributed by atoms with Crippen molar-refractivity contribution < 1.29 is 9.05 Å². The van der Waals surface area contributed by atoms with Gasteiger partial charge in [-0.15, -0.1) is 0 Å². The van der Waals surface area contributed by atoms with Crippen LogP contribution in [0, 0.1) is 0 Å². The van der Waals surface area contributed by atoms with Crippen molar-refractivity contribution in [1.82, 2.24) is 0 Å². The highest BCUT2D eigenvalue weighted by Crippen LogP contribution is 2.15. The minimum atomic E-state index is -1.23. The number of hydrogen-bond donors (Lipinski definition) is 0. The predicted molar refractivity (Wildman–Crippen MR) is 87.7 cm³/mol. The number of halogens is 2. The molecule has 0 saturated heterocycles. The molecule has 0 fully saturated rings. The lowest BCUT2D eigenvalue weighted by atomic mass is 10.1. The van der Waals surface area contributed by atoms with Crippen LogP contribution in [-0.4, -0.2) is 22.8 Å². The van der Waals surface area contributed by atoms with E-state index in [2.05, 4.69) is 5.16 Å². The average molecular weight is 342 g/mol. The van der Waals surface area contributed by atoms with Crippen LogP contribution in [-0.2, 0) is 15.6 Å². The molecule has 21 heavy (non-hydrogen) atoms. The third kappa shape index (κ3) is 4.56. The SMILES string of the molecule is CO/N=C(/CS(=O)c1ccc(Cl)cc1)c1ccc(Cl)cc1. The molecule has 0 bridgehead atoms. The Morgan fingerprint density at radius 2 is 1.57 bits per heavy atom. The molecule has 110 valence electrons. The quantitative estimate of drug-likeness (QED) is 0.605. The minimum Gasteiger partial charge on any atom is -0.399 e. The minimum absolute atomic E-state index is 0.247. The maximum Gasteiger partial charge on any atom is 0.106 e. The number of benzene rings is 2. The van der Waals surface area contributed by atoms with Crippen LogP contribution < -0.4 is 0 Å². The second kappa shape index (κ2) is 7.59. The summed E-state index contributed by atoms with van der Waals surface area (Å²) in [6.45, 7) is 0. The third-order valence-electron chi connectivity index (χ3n) is 2.72. The van der Waals surface area contributed by atoms with Gasteiger partial charge in [0.25, 0.3) is 0 Å². The number of oxime groups is 1. The zero-order valence-corrected chi connectivity index (χ0v) is 13.6. The summed E-state index contributed by atoms with van der Waals surface area (Å²) in [7, 11) is 0.228. The van der Waals surface area contributed by atoms with Crippen molar-refractivity contribution in [3.05, 3.63) is 64.1 Å². The lowest BCUT2D eigenvalue weighted by Gasteiger charge is -2.07. The first-order chi connectivity index (χ1) is 10.1. The summed E-state index contributed by atoms with van der Waals surface area (Å²) in [5.41, 5.74) is 1.42. The topological polar surface area (TPSA) is 38.7 Å². The molecule has 0 amide bonds. The maximum absolute atomic E-state index is 12.4. The first-order valence-electron chi connectivity index (χ1n) is 6.10.